The van der Waals surface area contributed by atoms with Crippen LogP contribution in [0.3, 0.4) is 0 Å². The molecule has 4 aromatic rings. The van der Waals surface area contributed by atoms with Gasteiger partial charge >= 0.3 is 6.18 Å². The van der Waals surface area contributed by atoms with Crippen molar-refractivity contribution in [3.8, 4) is 0 Å². The van der Waals surface area contributed by atoms with E-state index in [1.165, 1.54) is 35.4 Å². The van der Waals surface area contributed by atoms with Gasteiger partial charge in [-0.15, -0.1) is 0 Å². The Balaban J connectivity index is 1.69. The van der Waals surface area contributed by atoms with E-state index in [4.69, 9.17) is 4.42 Å². The second-order valence-corrected chi connectivity index (χ2v) is 7.45. The summed E-state index contributed by atoms with van der Waals surface area (Å²) in [6.07, 6.45) is -3.26. The summed E-state index contributed by atoms with van der Waals surface area (Å²) >= 11 is 0. The van der Waals surface area contributed by atoms with E-state index in [1.54, 1.807) is 24.3 Å². The first-order valence-corrected chi connectivity index (χ1v) is 9.93. The summed E-state index contributed by atoms with van der Waals surface area (Å²) in [5, 5.41) is 0.346. The van der Waals surface area contributed by atoms with Gasteiger partial charge in [-0.25, -0.2) is 4.39 Å². The molecule has 1 aromatic heterocycles. The first kappa shape index (κ1) is 22.3. The third-order valence-corrected chi connectivity index (χ3v) is 5.15. The summed E-state index contributed by atoms with van der Waals surface area (Å²) in [5.74, 6) is -1.03. The first-order chi connectivity index (χ1) is 15.7. The van der Waals surface area contributed by atoms with E-state index in [0.717, 1.165) is 24.3 Å². The fraction of sp³-hybridized carbons (Fsp3) is 0.120. The molecule has 0 fully saturated rings. The van der Waals surface area contributed by atoms with Crippen molar-refractivity contribution < 1.29 is 26.8 Å². The highest BCUT2D eigenvalue weighted by Crippen LogP contribution is 2.29. The van der Waals surface area contributed by atoms with Gasteiger partial charge < -0.3 is 9.32 Å². The predicted molar refractivity (Wildman–Crippen MR) is 114 cm³/mol. The van der Waals surface area contributed by atoms with Gasteiger partial charge in [0.25, 0.3) is 5.91 Å². The van der Waals surface area contributed by atoms with Crippen molar-refractivity contribution in [2.75, 3.05) is 0 Å². The minimum atomic E-state index is -4.53. The molecule has 0 N–H and O–H groups in total. The summed E-state index contributed by atoms with van der Waals surface area (Å²) < 4.78 is 57.5. The lowest BCUT2D eigenvalue weighted by Crippen LogP contribution is -2.32. The van der Waals surface area contributed by atoms with Crippen molar-refractivity contribution >= 4 is 16.9 Å². The number of alkyl halides is 3. The van der Waals surface area contributed by atoms with Gasteiger partial charge in [0.05, 0.1) is 29.3 Å². The predicted octanol–water partition coefficient (Wildman–Crippen LogP) is 5.79. The number of benzene rings is 3. The average molecular weight is 455 g/mol. The maximum Gasteiger partial charge on any atom is 0.416 e. The number of hydrogen-bond acceptors (Lipinski definition) is 3. The number of rotatable bonds is 5. The number of fused-ring (bicyclic) bond motifs is 1. The molecule has 1 amide bonds. The maximum absolute atomic E-state index is 13.3. The van der Waals surface area contributed by atoms with Gasteiger partial charge in [-0.05, 0) is 54.1 Å². The Kier molecular flexibility index (Phi) is 6.00. The number of carbonyl (C=O) groups excluding carboxylic acids is 1. The van der Waals surface area contributed by atoms with Gasteiger partial charge in [-0.3, -0.25) is 9.59 Å². The molecule has 168 valence electrons. The molecule has 0 atom stereocenters. The number of nitrogens with zero attached hydrogens (tertiary/aromatic N) is 1. The fourth-order valence-electron chi connectivity index (χ4n) is 3.43. The zero-order chi connectivity index (χ0) is 23.6. The van der Waals surface area contributed by atoms with Crippen LogP contribution >= 0.6 is 0 Å². The molecule has 0 bridgehead atoms. The Morgan fingerprint density at radius 3 is 2.21 bits per heavy atom. The highest BCUT2D eigenvalue weighted by atomic mass is 19.4. The highest BCUT2D eigenvalue weighted by Gasteiger charge is 2.30. The number of hydrogen-bond donors (Lipinski definition) is 0. The van der Waals surface area contributed by atoms with Crippen molar-refractivity contribution in [3.63, 3.8) is 0 Å². The van der Waals surface area contributed by atoms with E-state index >= 15 is 0 Å². The topological polar surface area (TPSA) is 50.5 Å². The number of para-hydroxylation sites is 1. The Labute approximate surface area is 185 Å². The second-order valence-electron chi connectivity index (χ2n) is 7.45. The van der Waals surface area contributed by atoms with E-state index < -0.39 is 23.5 Å². The molecule has 3 aromatic carbocycles. The molecule has 4 nitrogen and oxygen atoms in total. The lowest BCUT2D eigenvalue weighted by Gasteiger charge is -2.23. The van der Waals surface area contributed by atoms with Gasteiger partial charge in [-0.1, -0.05) is 24.3 Å². The lowest BCUT2D eigenvalue weighted by atomic mass is 10.1. The number of amides is 1. The molecule has 0 aliphatic heterocycles. The largest absolute Gasteiger partial charge is 0.464 e. The SMILES string of the molecule is O=C(c1ccc(C(F)(F)F)cc1)N(Cc1ccc(F)cc1)Cc1coc2ccccc2c1=O. The minimum Gasteiger partial charge on any atom is -0.464 e. The molecule has 33 heavy (non-hydrogen) atoms. The van der Waals surface area contributed by atoms with E-state index in [0.29, 0.717) is 16.5 Å². The van der Waals surface area contributed by atoms with Crippen LogP contribution < -0.4 is 5.43 Å². The van der Waals surface area contributed by atoms with Crippen molar-refractivity contribution in [3.05, 3.63) is 117 Å². The van der Waals surface area contributed by atoms with Crippen LogP contribution in [0.15, 0.2) is 88.3 Å². The highest BCUT2D eigenvalue weighted by molar-refractivity contribution is 5.94. The normalized spacial score (nSPS) is 11.5. The summed E-state index contributed by atoms with van der Waals surface area (Å²) in [6, 6.07) is 15.9. The Hall–Kier alpha value is -3.94. The van der Waals surface area contributed by atoms with Crippen molar-refractivity contribution in [1.82, 2.24) is 4.90 Å². The van der Waals surface area contributed by atoms with E-state index in [2.05, 4.69) is 0 Å². The van der Waals surface area contributed by atoms with Gasteiger partial charge in [0.2, 0.25) is 0 Å². The summed E-state index contributed by atoms with van der Waals surface area (Å²) in [6.45, 7) is -0.142. The summed E-state index contributed by atoms with van der Waals surface area (Å²) in [7, 11) is 0. The Bertz CT molecular complexity index is 1340. The summed E-state index contributed by atoms with van der Waals surface area (Å²) in [4.78, 5) is 27.4. The van der Waals surface area contributed by atoms with Gasteiger partial charge in [0.1, 0.15) is 11.4 Å². The zero-order valence-corrected chi connectivity index (χ0v) is 17.1. The van der Waals surface area contributed by atoms with E-state index in [-0.39, 0.29) is 29.6 Å². The van der Waals surface area contributed by atoms with E-state index in [9.17, 15) is 27.2 Å². The molecule has 8 heteroatoms. The molecular weight excluding hydrogens is 438 g/mol. The molecular formula is C25H17F4NO3. The Morgan fingerprint density at radius 1 is 0.879 bits per heavy atom. The van der Waals surface area contributed by atoms with Crippen LogP contribution in [0.25, 0.3) is 11.0 Å². The van der Waals surface area contributed by atoms with Gasteiger partial charge in [0.15, 0.2) is 5.43 Å². The third-order valence-electron chi connectivity index (χ3n) is 5.15. The van der Waals surface area contributed by atoms with Crippen LogP contribution in [0.5, 0.6) is 0 Å². The minimum absolute atomic E-state index is 0.00635. The quantitative estimate of drug-likeness (QED) is 0.358. The van der Waals surface area contributed by atoms with Crippen LogP contribution in [-0.2, 0) is 19.3 Å². The first-order valence-electron chi connectivity index (χ1n) is 9.93. The lowest BCUT2D eigenvalue weighted by molar-refractivity contribution is -0.137. The van der Waals surface area contributed by atoms with Crippen LogP contribution in [0.1, 0.15) is 27.0 Å². The van der Waals surface area contributed by atoms with Gasteiger partial charge in [-0.2, -0.15) is 13.2 Å². The maximum atomic E-state index is 13.3. The second kappa shape index (κ2) is 8.90. The number of halogens is 4. The molecule has 0 radical (unpaired) electrons. The molecule has 0 saturated carbocycles. The fourth-order valence-corrected chi connectivity index (χ4v) is 3.43. The molecule has 0 aliphatic carbocycles. The van der Waals surface area contributed by atoms with Crippen molar-refractivity contribution in [2.45, 2.75) is 19.3 Å². The Morgan fingerprint density at radius 2 is 1.55 bits per heavy atom. The number of carbonyl (C=O) groups is 1. The standard InChI is InChI=1S/C25H17F4NO3/c26-20-11-5-16(6-12-20)13-30(24(32)17-7-9-19(10-8-17)25(27,28)29)14-18-15-33-22-4-2-1-3-21(22)23(18)31/h1-12,15H,13-14H2. The zero-order valence-electron chi connectivity index (χ0n) is 17.1. The summed E-state index contributed by atoms with van der Waals surface area (Å²) in [5.41, 5.74) is 0.0130. The molecule has 0 unspecified atom stereocenters. The average Bonchev–Trinajstić information content (AvgIpc) is 2.81. The molecule has 0 spiro atoms. The van der Waals surface area contributed by atoms with Crippen LogP contribution in [0.4, 0.5) is 17.6 Å². The van der Waals surface area contributed by atoms with Crippen molar-refractivity contribution in [1.29, 1.82) is 0 Å². The third kappa shape index (κ3) is 4.95. The molecule has 1 heterocycles. The molecule has 0 aliphatic rings. The van der Waals surface area contributed by atoms with Gasteiger partial charge in [0, 0.05) is 12.1 Å². The molecule has 0 saturated heterocycles. The van der Waals surface area contributed by atoms with Crippen LogP contribution in [0, 0.1) is 5.82 Å². The van der Waals surface area contributed by atoms with E-state index in [1.807, 2.05) is 0 Å². The monoisotopic (exact) mass is 455 g/mol. The van der Waals surface area contributed by atoms with Crippen molar-refractivity contribution in [2.24, 2.45) is 0 Å². The molecule has 4 rings (SSSR count). The van der Waals surface area contributed by atoms with Crippen LogP contribution in [0.2, 0.25) is 0 Å². The smallest absolute Gasteiger partial charge is 0.416 e. The van der Waals surface area contributed by atoms with Crippen LogP contribution in [-0.4, -0.2) is 10.8 Å².